The zero-order valence-corrected chi connectivity index (χ0v) is 9.16. The molecule has 0 amide bonds. The Kier molecular flexibility index (Phi) is 4.01. The molecule has 84 valence electrons. The Balaban J connectivity index is 3.23. The van der Waals surface area contributed by atoms with Gasteiger partial charge in [-0.2, -0.15) is 5.26 Å². The van der Waals surface area contributed by atoms with Gasteiger partial charge in [-0.05, 0) is 18.2 Å². The molecule has 0 aliphatic rings. The van der Waals surface area contributed by atoms with Crippen molar-refractivity contribution in [1.29, 1.82) is 5.26 Å². The summed E-state index contributed by atoms with van der Waals surface area (Å²) < 4.78 is 18.1. The van der Waals surface area contributed by atoms with Crippen molar-refractivity contribution >= 4 is 5.78 Å². The third kappa shape index (κ3) is 2.37. The van der Waals surface area contributed by atoms with Crippen molar-refractivity contribution in [3.63, 3.8) is 0 Å². The predicted molar refractivity (Wildman–Crippen MR) is 56.6 cm³/mol. The number of halogens is 1. The fourth-order valence-electron chi connectivity index (χ4n) is 1.45. The molecule has 1 aromatic carbocycles. The maximum atomic E-state index is 13.1. The van der Waals surface area contributed by atoms with Gasteiger partial charge in [0, 0.05) is 12.0 Å². The van der Waals surface area contributed by atoms with Gasteiger partial charge in [0.1, 0.15) is 17.5 Å². The van der Waals surface area contributed by atoms with E-state index >= 15 is 0 Å². The van der Waals surface area contributed by atoms with Crippen LogP contribution in [0.25, 0.3) is 0 Å². The van der Waals surface area contributed by atoms with Gasteiger partial charge in [-0.25, -0.2) is 4.39 Å². The Morgan fingerprint density at radius 2 is 2.31 bits per heavy atom. The van der Waals surface area contributed by atoms with Gasteiger partial charge in [0.25, 0.3) is 0 Å². The second kappa shape index (κ2) is 5.26. The molecular weight excluding hydrogens is 209 g/mol. The second-order valence-corrected chi connectivity index (χ2v) is 3.27. The number of ketones is 1. The molecule has 0 fully saturated rings. The number of hydrogen-bond donors (Lipinski definition) is 0. The minimum atomic E-state index is -0.962. The molecule has 0 aliphatic heterocycles. The van der Waals surface area contributed by atoms with Gasteiger partial charge < -0.3 is 4.74 Å². The standard InChI is InChI=1S/C12H12FNO2/c1-3-11(15)10(7-14)9-6-8(13)4-5-12(9)16-2/h4-6,10H,3H2,1-2H3. The van der Waals surface area contributed by atoms with Gasteiger partial charge in [-0.15, -0.1) is 0 Å². The summed E-state index contributed by atoms with van der Waals surface area (Å²) in [6.07, 6.45) is 0.234. The highest BCUT2D eigenvalue weighted by atomic mass is 19.1. The molecule has 4 heteroatoms. The van der Waals surface area contributed by atoms with E-state index < -0.39 is 11.7 Å². The number of benzene rings is 1. The summed E-state index contributed by atoms with van der Waals surface area (Å²) in [5.41, 5.74) is 0.289. The van der Waals surface area contributed by atoms with Gasteiger partial charge in [0.05, 0.1) is 13.2 Å². The molecule has 0 bridgehead atoms. The van der Waals surface area contributed by atoms with Crippen molar-refractivity contribution in [1.82, 2.24) is 0 Å². The van der Waals surface area contributed by atoms with E-state index in [0.29, 0.717) is 5.75 Å². The second-order valence-electron chi connectivity index (χ2n) is 3.27. The van der Waals surface area contributed by atoms with Crippen LogP contribution in [0.1, 0.15) is 24.8 Å². The maximum Gasteiger partial charge on any atom is 0.154 e. The molecule has 0 aliphatic carbocycles. The lowest BCUT2D eigenvalue weighted by Gasteiger charge is -2.12. The average Bonchev–Trinajstić information content (AvgIpc) is 2.30. The Morgan fingerprint density at radius 3 is 2.81 bits per heavy atom. The molecule has 16 heavy (non-hydrogen) atoms. The smallest absolute Gasteiger partial charge is 0.154 e. The number of carbonyl (C=O) groups excluding carboxylic acids is 1. The number of nitrogens with zero attached hydrogens (tertiary/aromatic N) is 1. The van der Waals surface area contributed by atoms with Crippen LogP contribution in [0, 0.1) is 17.1 Å². The van der Waals surface area contributed by atoms with Crippen molar-refractivity contribution < 1.29 is 13.9 Å². The van der Waals surface area contributed by atoms with Gasteiger partial charge in [0.2, 0.25) is 0 Å². The Hall–Kier alpha value is -1.89. The van der Waals surface area contributed by atoms with Crippen LogP contribution in [-0.4, -0.2) is 12.9 Å². The van der Waals surface area contributed by atoms with E-state index in [1.165, 1.54) is 25.3 Å². The first-order chi connectivity index (χ1) is 7.63. The van der Waals surface area contributed by atoms with Crippen LogP contribution in [0.15, 0.2) is 18.2 Å². The zero-order chi connectivity index (χ0) is 12.1. The fraction of sp³-hybridized carbons (Fsp3) is 0.333. The van der Waals surface area contributed by atoms with Crippen molar-refractivity contribution in [2.24, 2.45) is 0 Å². The van der Waals surface area contributed by atoms with E-state index in [-0.39, 0.29) is 17.8 Å². The average molecular weight is 221 g/mol. The van der Waals surface area contributed by atoms with E-state index in [2.05, 4.69) is 0 Å². The van der Waals surface area contributed by atoms with Crippen molar-refractivity contribution in [2.45, 2.75) is 19.3 Å². The quantitative estimate of drug-likeness (QED) is 0.784. The van der Waals surface area contributed by atoms with Crippen molar-refractivity contribution in [3.8, 4) is 11.8 Å². The normalized spacial score (nSPS) is 11.6. The minimum Gasteiger partial charge on any atom is -0.496 e. The molecule has 0 saturated heterocycles. The van der Waals surface area contributed by atoms with Crippen LogP contribution in [0.5, 0.6) is 5.75 Å². The largest absolute Gasteiger partial charge is 0.496 e. The van der Waals surface area contributed by atoms with Gasteiger partial charge in [-0.1, -0.05) is 6.92 Å². The van der Waals surface area contributed by atoms with Crippen molar-refractivity contribution in [2.75, 3.05) is 7.11 Å². The van der Waals surface area contributed by atoms with E-state index in [0.717, 1.165) is 0 Å². The topological polar surface area (TPSA) is 50.1 Å². The number of carbonyl (C=O) groups is 1. The van der Waals surface area contributed by atoms with E-state index in [1.54, 1.807) is 6.92 Å². The van der Waals surface area contributed by atoms with E-state index in [4.69, 9.17) is 10.00 Å². The van der Waals surface area contributed by atoms with Gasteiger partial charge in [-0.3, -0.25) is 4.79 Å². The van der Waals surface area contributed by atoms with E-state index in [9.17, 15) is 9.18 Å². The lowest BCUT2D eigenvalue weighted by atomic mass is 9.94. The Labute approximate surface area is 93.5 Å². The maximum absolute atomic E-state index is 13.1. The number of methoxy groups -OCH3 is 1. The van der Waals surface area contributed by atoms with E-state index in [1.807, 2.05) is 6.07 Å². The lowest BCUT2D eigenvalue weighted by Crippen LogP contribution is -2.11. The summed E-state index contributed by atoms with van der Waals surface area (Å²) in [6, 6.07) is 5.69. The number of Topliss-reactive ketones (excluding diaryl/α,β-unsaturated/α-hetero) is 1. The molecular formula is C12H12FNO2. The molecule has 0 heterocycles. The summed E-state index contributed by atoms with van der Waals surface area (Å²) in [6.45, 7) is 1.67. The predicted octanol–water partition coefficient (Wildman–Crippen LogP) is 2.42. The summed E-state index contributed by atoms with van der Waals surface area (Å²) in [5, 5.41) is 8.94. The molecule has 1 rings (SSSR count). The summed E-state index contributed by atoms with van der Waals surface area (Å²) in [7, 11) is 1.42. The summed E-state index contributed by atoms with van der Waals surface area (Å²) in [5.74, 6) is -1.34. The molecule has 1 atom stereocenters. The lowest BCUT2D eigenvalue weighted by molar-refractivity contribution is -0.119. The Bertz CT molecular complexity index is 437. The third-order valence-electron chi connectivity index (χ3n) is 2.30. The number of ether oxygens (including phenoxy) is 1. The number of nitriles is 1. The molecule has 1 aromatic rings. The van der Waals surface area contributed by atoms with Crippen molar-refractivity contribution in [3.05, 3.63) is 29.6 Å². The third-order valence-corrected chi connectivity index (χ3v) is 2.30. The molecule has 1 unspecified atom stereocenters. The van der Waals surface area contributed by atoms with Crippen LogP contribution in [0.4, 0.5) is 4.39 Å². The monoisotopic (exact) mass is 221 g/mol. The summed E-state index contributed by atoms with van der Waals surface area (Å²) >= 11 is 0. The number of rotatable bonds is 4. The SMILES string of the molecule is CCC(=O)C(C#N)c1cc(F)ccc1OC. The van der Waals surface area contributed by atoms with Gasteiger partial charge >= 0.3 is 0 Å². The molecule has 0 radical (unpaired) electrons. The molecule has 0 N–H and O–H groups in total. The zero-order valence-electron chi connectivity index (χ0n) is 9.16. The molecule has 0 spiro atoms. The van der Waals surface area contributed by atoms with Crippen LogP contribution in [-0.2, 0) is 4.79 Å². The molecule has 3 nitrogen and oxygen atoms in total. The van der Waals surface area contributed by atoms with Crippen LogP contribution >= 0.6 is 0 Å². The molecule has 0 aromatic heterocycles. The highest BCUT2D eigenvalue weighted by Crippen LogP contribution is 2.28. The Morgan fingerprint density at radius 1 is 1.62 bits per heavy atom. The first-order valence-electron chi connectivity index (χ1n) is 4.89. The number of hydrogen-bond acceptors (Lipinski definition) is 3. The minimum absolute atomic E-state index is 0.234. The first-order valence-corrected chi connectivity index (χ1v) is 4.89. The van der Waals surface area contributed by atoms with Crippen LogP contribution < -0.4 is 4.74 Å². The van der Waals surface area contributed by atoms with Crippen LogP contribution in [0.2, 0.25) is 0 Å². The first kappa shape index (κ1) is 12.2. The highest BCUT2D eigenvalue weighted by molar-refractivity contribution is 5.88. The highest BCUT2D eigenvalue weighted by Gasteiger charge is 2.22. The van der Waals surface area contributed by atoms with Gasteiger partial charge in [0.15, 0.2) is 5.78 Å². The fourth-order valence-corrected chi connectivity index (χ4v) is 1.45. The molecule has 0 saturated carbocycles. The summed E-state index contributed by atoms with van der Waals surface area (Å²) in [4.78, 5) is 11.5. The van der Waals surface area contributed by atoms with Crippen LogP contribution in [0.3, 0.4) is 0 Å².